The van der Waals surface area contributed by atoms with E-state index in [1.54, 1.807) is 48.1 Å². The van der Waals surface area contributed by atoms with Crippen molar-refractivity contribution >= 4 is 33.5 Å². The highest BCUT2D eigenvalue weighted by Gasteiger charge is 2.35. The highest BCUT2D eigenvalue weighted by molar-refractivity contribution is 6.10. The Morgan fingerprint density at radius 1 is 1.18 bits per heavy atom. The number of rotatable bonds is 2. The van der Waals surface area contributed by atoms with Crippen molar-refractivity contribution in [2.24, 2.45) is 7.05 Å². The first-order chi connectivity index (χ1) is 15.6. The molecular weight excluding hydrogens is 433 g/mol. The van der Waals surface area contributed by atoms with E-state index in [9.17, 15) is 18.0 Å². The van der Waals surface area contributed by atoms with Crippen LogP contribution in [0.3, 0.4) is 0 Å². The van der Waals surface area contributed by atoms with E-state index in [1.807, 2.05) is 0 Å². The fourth-order valence-electron chi connectivity index (χ4n) is 4.63. The standard InChI is InChI=1S/C23H21F3N6O/c1-31(18-5-3-4-16-13(18)7-9-19(29-16)23(24,25)26)22(33)12-6-8-17-14(10-12)20-15(21(27)30-17)11-28-32(20)2/h6-11,18H,3-5H2,1-2H3,(H2,27,30)/t18-/m1/s1. The van der Waals surface area contributed by atoms with Gasteiger partial charge in [0.15, 0.2) is 0 Å². The molecule has 0 bridgehead atoms. The number of pyridine rings is 2. The second kappa shape index (κ2) is 7.43. The first-order valence-electron chi connectivity index (χ1n) is 10.5. The van der Waals surface area contributed by atoms with E-state index < -0.39 is 11.9 Å². The molecule has 1 aromatic carbocycles. The average Bonchev–Trinajstić information content (AvgIpc) is 3.19. The van der Waals surface area contributed by atoms with Crippen molar-refractivity contribution in [3.8, 4) is 0 Å². The van der Waals surface area contributed by atoms with Gasteiger partial charge in [0.05, 0.1) is 28.7 Å². The highest BCUT2D eigenvalue weighted by Crippen LogP contribution is 2.37. The number of hydrogen-bond acceptors (Lipinski definition) is 5. The molecule has 0 radical (unpaired) electrons. The molecule has 1 amide bonds. The SMILES string of the molecule is CN(C(=O)c1ccc2nc(N)c3cnn(C)c3c2c1)[C@@H]1CCCc2nc(C(F)(F)F)ccc21. The molecule has 3 aromatic heterocycles. The van der Waals surface area contributed by atoms with Crippen LogP contribution in [0.15, 0.2) is 36.5 Å². The number of carbonyl (C=O) groups is 1. The number of carbonyl (C=O) groups excluding carboxylic acids is 1. The summed E-state index contributed by atoms with van der Waals surface area (Å²) >= 11 is 0. The Morgan fingerprint density at radius 2 is 1.97 bits per heavy atom. The van der Waals surface area contributed by atoms with Crippen LogP contribution in [0.25, 0.3) is 21.8 Å². The van der Waals surface area contributed by atoms with E-state index in [4.69, 9.17) is 5.73 Å². The molecule has 1 aliphatic rings. The van der Waals surface area contributed by atoms with Crippen LogP contribution >= 0.6 is 0 Å². The van der Waals surface area contributed by atoms with Crippen LogP contribution in [0.1, 0.15) is 46.2 Å². The maximum atomic E-state index is 13.4. The van der Waals surface area contributed by atoms with Crippen molar-refractivity contribution < 1.29 is 18.0 Å². The minimum atomic E-state index is -4.50. The van der Waals surface area contributed by atoms with Crippen LogP contribution in [0, 0.1) is 0 Å². The van der Waals surface area contributed by atoms with Gasteiger partial charge in [0.2, 0.25) is 0 Å². The second-order valence-corrected chi connectivity index (χ2v) is 8.31. The zero-order valence-corrected chi connectivity index (χ0v) is 18.0. The number of benzene rings is 1. The molecule has 10 heteroatoms. The normalized spacial score (nSPS) is 16.2. The lowest BCUT2D eigenvalue weighted by Crippen LogP contribution is -2.34. The van der Waals surface area contributed by atoms with E-state index in [1.165, 1.54) is 6.07 Å². The molecule has 4 aromatic rings. The van der Waals surface area contributed by atoms with Crippen molar-refractivity contribution in [2.45, 2.75) is 31.5 Å². The number of fused-ring (bicyclic) bond motifs is 4. The molecule has 0 spiro atoms. The Hall–Kier alpha value is -3.69. The van der Waals surface area contributed by atoms with Crippen molar-refractivity contribution in [3.05, 3.63) is 59.0 Å². The van der Waals surface area contributed by atoms with Gasteiger partial charge in [-0.1, -0.05) is 6.07 Å². The topological polar surface area (TPSA) is 89.9 Å². The predicted molar refractivity (Wildman–Crippen MR) is 117 cm³/mol. The van der Waals surface area contributed by atoms with Crippen molar-refractivity contribution in [1.29, 1.82) is 0 Å². The van der Waals surface area contributed by atoms with Gasteiger partial charge in [-0.2, -0.15) is 18.3 Å². The second-order valence-electron chi connectivity index (χ2n) is 8.31. The summed E-state index contributed by atoms with van der Waals surface area (Å²) in [5, 5.41) is 5.71. The quantitative estimate of drug-likeness (QED) is 0.489. The highest BCUT2D eigenvalue weighted by atomic mass is 19.4. The van der Waals surface area contributed by atoms with Gasteiger partial charge >= 0.3 is 6.18 Å². The van der Waals surface area contributed by atoms with Gasteiger partial charge in [0, 0.05) is 30.7 Å². The molecule has 0 saturated carbocycles. The maximum absolute atomic E-state index is 13.4. The first-order valence-corrected chi connectivity index (χ1v) is 10.5. The Morgan fingerprint density at radius 3 is 2.73 bits per heavy atom. The molecule has 3 heterocycles. The molecule has 33 heavy (non-hydrogen) atoms. The first kappa shape index (κ1) is 21.2. The van der Waals surface area contributed by atoms with Gasteiger partial charge in [-0.05, 0) is 49.1 Å². The van der Waals surface area contributed by atoms with Crippen LogP contribution < -0.4 is 5.73 Å². The number of nitrogens with two attached hydrogens (primary N) is 1. The van der Waals surface area contributed by atoms with Gasteiger partial charge in [-0.15, -0.1) is 0 Å². The number of amides is 1. The number of halogens is 3. The van der Waals surface area contributed by atoms with E-state index >= 15 is 0 Å². The van der Waals surface area contributed by atoms with E-state index in [-0.39, 0.29) is 11.9 Å². The van der Waals surface area contributed by atoms with E-state index in [0.717, 1.165) is 17.0 Å². The molecule has 0 fully saturated rings. The molecule has 0 saturated heterocycles. The summed E-state index contributed by atoms with van der Waals surface area (Å²) < 4.78 is 40.9. The number of anilines is 1. The lowest BCUT2D eigenvalue weighted by molar-refractivity contribution is -0.141. The summed E-state index contributed by atoms with van der Waals surface area (Å²) in [4.78, 5) is 23.2. The zero-order chi connectivity index (χ0) is 23.5. The Bertz CT molecular complexity index is 1410. The lowest BCUT2D eigenvalue weighted by atomic mass is 9.89. The molecule has 1 atom stereocenters. The van der Waals surface area contributed by atoms with Crippen LogP contribution in [0.4, 0.5) is 19.0 Å². The molecular formula is C23H21F3N6O. The average molecular weight is 454 g/mol. The summed E-state index contributed by atoms with van der Waals surface area (Å²) in [5.74, 6) is 0.133. The minimum absolute atomic E-state index is 0.234. The Labute approximate surface area is 187 Å². The molecule has 7 nitrogen and oxygen atoms in total. The summed E-state index contributed by atoms with van der Waals surface area (Å²) in [5.41, 5.74) is 8.08. The van der Waals surface area contributed by atoms with Crippen molar-refractivity contribution in [3.63, 3.8) is 0 Å². The van der Waals surface area contributed by atoms with Crippen molar-refractivity contribution in [1.82, 2.24) is 24.6 Å². The number of alkyl halides is 3. The van der Waals surface area contributed by atoms with Crippen LogP contribution in [-0.2, 0) is 19.6 Å². The predicted octanol–water partition coefficient (Wildman–Crippen LogP) is 4.27. The maximum Gasteiger partial charge on any atom is 0.433 e. The molecule has 1 aliphatic carbocycles. The molecule has 5 rings (SSSR count). The summed E-state index contributed by atoms with van der Waals surface area (Å²) in [7, 11) is 3.47. The van der Waals surface area contributed by atoms with E-state index in [0.29, 0.717) is 52.8 Å². The summed E-state index contributed by atoms with van der Waals surface area (Å²) in [6.45, 7) is 0. The largest absolute Gasteiger partial charge is 0.433 e. The van der Waals surface area contributed by atoms with Crippen LogP contribution in [0.2, 0.25) is 0 Å². The minimum Gasteiger partial charge on any atom is -0.383 e. The van der Waals surface area contributed by atoms with Crippen LogP contribution in [-0.4, -0.2) is 37.6 Å². The van der Waals surface area contributed by atoms with Gasteiger partial charge in [0.25, 0.3) is 5.91 Å². The molecule has 2 N–H and O–H groups in total. The lowest BCUT2D eigenvalue weighted by Gasteiger charge is -2.33. The fraction of sp³-hybridized carbons (Fsp3) is 0.304. The third kappa shape index (κ3) is 3.46. The Kier molecular flexibility index (Phi) is 4.77. The van der Waals surface area contributed by atoms with Crippen LogP contribution in [0.5, 0.6) is 0 Å². The number of aromatic nitrogens is 4. The smallest absolute Gasteiger partial charge is 0.383 e. The summed E-state index contributed by atoms with van der Waals surface area (Å²) in [6.07, 6.45) is -1.10. The van der Waals surface area contributed by atoms with Gasteiger partial charge < -0.3 is 10.6 Å². The monoisotopic (exact) mass is 454 g/mol. The van der Waals surface area contributed by atoms with Gasteiger partial charge in [-0.3, -0.25) is 9.48 Å². The number of nitrogens with zero attached hydrogens (tertiary/aromatic N) is 5. The van der Waals surface area contributed by atoms with E-state index in [2.05, 4.69) is 15.1 Å². The third-order valence-electron chi connectivity index (χ3n) is 6.29. The van der Waals surface area contributed by atoms with Gasteiger partial charge in [-0.25, -0.2) is 9.97 Å². The fourth-order valence-corrected chi connectivity index (χ4v) is 4.63. The molecule has 170 valence electrons. The zero-order valence-electron chi connectivity index (χ0n) is 18.0. The number of aryl methyl sites for hydroxylation is 2. The number of hydrogen-bond donors (Lipinski definition) is 1. The molecule has 0 aliphatic heterocycles. The summed E-state index contributed by atoms with van der Waals surface area (Å²) in [6, 6.07) is 7.27. The van der Waals surface area contributed by atoms with Crippen molar-refractivity contribution in [2.75, 3.05) is 12.8 Å². The number of nitrogen functional groups attached to an aromatic ring is 1. The van der Waals surface area contributed by atoms with Gasteiger partial charge in [0.1, 0.15) is 11.5 Å². The molecule has 0 unspecified atom stereocenters. The Balaban J connectivity index is 1.52. The third-order valence-corrected chi connectivity index (χ3v) is 6.29.